The van der Waals surface area contributed by atoms with E-state index in [0.717, 1.165) is 17.1 Å². The summed E-state index contributed by atoms with van der Waals surface area (Å²) in [7, 11) is 0. The van der Waals surface area contributed by atoms with Crippen molar-refractivity contribution in [1.29, 1.82) is 0 Å². The van der Waals surface area contributed by atoms with E-state index in [1.165, 1.54) is 11.8 Å². The normalized spacial score (nSPS) is 12.6. The fraction of sp³-hybridized carbons (Fsp3) is 0.462. The summed E-state index contributed by atoms with van der Waals surface area (Å²) >= 11 is 1.43. The zero-order valence-corrected chi connectivity index (χ0v) is 12.7. The zero-order valence-electron chi connectivity index (χ0n) is 11.9. The summed E-state index contributed by atoms with van der Waals surface area (Å²) < 4.78 is 1.60. The predicted molar refractivity (Wildman–Crippen MR) is 79.0 cm³/mol. The maximum absolute atomic E-state index is 11.5. The van der Waals surface area contributed by atoms with Crippen molar-refractivity contribution in [3.63, 3.8) is 0 Å². The maximum atomic E-state index is 11.5. The Balaban J connectivity index is 2.12. The van der Waals surface area contributed by atoms with Crippen LogP contribution < -0.4 is 11.0 Å². The highest BCUT2D eigenvalue weighted by molar-refractivity contribution is 7.99. The molecule has 20 heavy (non-hydrogen) atoms. The smallest absolute Gasteiger partial charge is 0.309 e. The fourth-order valence-corrected chi connectivity index (χ4v) is 2.75. The Bertz CT molecular complexity index is 604. The van der Waals surface area contributed by atoms with Crippen molar-refractivity contribution in [3.8, 4) is 0 Å². The summed E-state index contributed by atoms with van der Waals surface area (Å²) in [5.74, 6) is 0. The van der Waals surface area contributed by atoms with E-state index in [1.807, 2.05) is 25.3 Å². The molecule has 7 heteroatoms. The van der Waals surface area contributed by atoms with Gasteiger partial charge in [-0.05, 0) is 44.3 Å². The van der Waals surface area contributed by atoms with Crippen LogP contribution in [0, 0.1) is 0 Å². The first-order valence-corrected chi connectivity index (χ1v) is 7.49. The number of aromatic amines is 1. The second-order valence-corrected chi connectivity index (χ2v) is 5.40. The van der Waals surface area contributed by atoms with Gasteiger partial charge in [0.2, 0.25) is 0 Å². The van der Waals surface area contributed by atoms with E-state index < -0.39 is 0 Å². The monoisotopic (exact) mass is 293 g/mol. The van der Waals surface area contributed by atoms with Gasteiger partial charge in [-0.25, -0.2) is 9.89 Å². The molecule has 1 unspecified atom stereocenters. The number of nitrogens with zero attached hydrogens (tertiary/aromatic N) is 3. The van der Waals surface area contributed by atoms with Crippen LogP contribution in [0.4, 0.5) is 0 Å². The highest BCUT2D eigenvalue weighted by Crippen LogP contribution is 2.25. The van der Waals surface area contributed by atoms with Crippen LogP contribution in [0.5, 0.6) is 0 Å². The lowest BCUT2D eigenvalue weighted by Gasteiger charge is -2.11. The van der Waals surface area contributed by atoms with Gasteiger partial charge in [0.05, 0.1) is 5.69 Å². The maximum Gasteiger partial charge on any atom is 0.343 e. The van der Waals surface area contributed by atoms with Crippen molar-refractivity contribution < 1.29 is 0 Å². The molecule has 0 bridgehead atoms. The first-order valence-electron chi connectivity index (χ1n) is 6.68. The van der Waals surface area contributed by atoms with Crippen LogP contribution >= 0.6 is 11.8 Å². The van der Waals surface area contributed by atoms with Gasteiger partial charge in [0.25, 0.3) is 0 Å². The fourth-order valence-electron chi connectivity index (χ4n) is 1.88. The SMILES string of the molecule is CCNC(C)c1ccc(Sc2n[nH]c(=O)n2CC)cn1. The lowest BCUT2D eigenvalue weighted by Crippen LogP contribution is -2.18. The van der Waals surface area contributed by atoms with Gasteiger partial charge in [0.15, 0.2) is 5.16 Å². The Kier molecular flexibility index (Phi) is 4.97. The molecule has 2 N–H and O–H groups in total. The molecule has 2 aromatic rings. The summed E-state index contributed by atoms with van der Waals surface area (Å²) in [4.78, 5) is 16.9. The molecule has 0 aliphatic heterocycles. The average molecular weight is 293 g/mol. The largest absolute Gasteiger partial charge is 0.343 e. The lowest BCUT2D eigenvalue weighted by molar-refractivity contribution is 0.582. The first kappa shape index (κ1) is 14.8. The molecule has 0 aromatic carbocycles. The second kappa shape index (κ2) is 6.71. The van der Waals surface area contributed by atoms with E-state index in [1.54, 1.807) is 4.57 Å². The summed E-state index contributed by atoms with van der Waals surface area (Å²) in [6.45, 7) is 7.58. The number of hydrogen-bond acceptors (Lipinski definition) is 5. The van der Waals surface area contributed by atoms with Crippen LogP contribution in [-0.2, 0) is 6.54 Å². The topological polar surface area (TPSA) is 75.6 Å². The molecule has 0 aliphatic rings. The third-order valence-corrected chi connectivity index (χ3v) is 3.93. The quantitative estimate of drug-likeness (QED) is 0.849. The van der Waals surface area contributed by atoms with Crippen LogP contribution in [0.1, 0.15) is 32.5 Å². The molecule has 0 aliphatic carbocycles. The molecule has 0 radical (unpaired) electrons. The van der Waals surface area contributed by atoms with Crippen LogP contribution in [0.2, 0.25) is 0 Å². The summed E-state index contributed by atoms with van der Waals surface area (Å²) in [5, 5.41) is 10.5. The van der Waals surface area contributed by atoms with Crippen LogP contribution in [0.3, 0.4) is 0 Å². The molecule has 2 rings (SSSR count). The highest BCUT2D eigenvalue weighted by atomic mass is 32.2. The van der Waals surface area contributed by atoms with Gasteiger partial charge in [-0.2, -0.15) is 0 Å². The van der Waals surface area contributed by atoms with E-state index in [0.29, 0.717) is 11.7 Å². The summed E-state index contributed by atoms with van der Waals surface area (Å²) in [6.07, 6.45) is 1.81. The van der Waals surface area contributed by atoms with Crippen LogP contribution in [0.25, 0.3) is 0 Å². The Hall–Kier alpha value is -1.60. The number of nitrogens with one attached hydrogen (secondary N) is 2. The number of pyridine rings is 1. The summed E-state index contributed by atoms with van der Waals surface area (Å²) in [5.41, 5.74) is 0.825. The minimum absolute atomic E-state index is 0.180. The molecule has 0 amide bonds. The lowest BCUT2D eigenvalue weighted by atomic mass is 10.2. The van der Waals surface area contributed by atoms with Crippen molar-refractivity contribution in [2.45, 2.75) is 43.4 Å². The molecule has 6 nitrogen and oxygen atoms in total. The molecule has 0 saturated carbocycles. The van der Waals surface area contributed by atoms with E-state index in [2.05, 4.69) is 34.3 Å². The third-order valence-electron chi connectivity index (χ3n) is 2.96. The van der Waals surface area contributed by atoms with Crippen molar-refractivity contribution in [1.82, 2.24) is 25.1 Å². The molecule has 2 heterocycles. The number of H-pyrrole nitrogens is 1. The molecule has 0 spiro atoms. The Morgan fingerprint density at radius 2 is 2.25 bits per heavy atom. The Morgan fingerprint density at radius 1 is 1.45 bits per heavy atom. The number of hydrogen-bond donors (Lipinski definition) is 2. The molecule has 1 atom stereocenters. The number of rotatable bonds is 6. The van der Waals surface area contributed by atoms with Crippen molar-refractivity contribution in [3.05, 3.63) is 34.5 Å². The highest BCUT2D eigenvalue weighted by Gasteiger charge is 2.10. The van der Waals surface area contributed by atoms with E-state index in [9.17, 15) is 4.79 Å². The molecular formula is C13H19N5OS. The van der Waals surface area contributed by atoms with Gasteiger partial charge in [-0.1, -0.05) is 6.92 Å². The molecule has 108 valence electrons. The van der Waals surface area contributed by atoms with E-state index in [4.69, 9.17) is 0 Å². The van der Waals surface area contributed by atoms with Gasteiger partial charge < -0.3 is 5.32 Å². The molecular weight excluding hydrogens is 274 g/mol. The Labute approximate surface area is 122 Å². The molecule has 0 fully saturated rings. The van der Waals surface area contributed by atoms with Gasteiger partial charge in [-0.3, -0.25) is 9.55 Å². The summed E-state index contributed by atoms with van der Waals surface area (Å²) in [6, 6.07) is 4.23. The number of aromatic nitrogens is 4. The second-order valence-electron chi connectivity index (χ2n) is 4.36. The molecule has 2 aromatic heterocycles. The van der Waals surface area contributed by atoms with Crippen molar-refractivity contribution in [2.75, 3.05) is 6.54 Å². The average Bonchev–Trinajstić information content (AvgIpc) is 2.80. The first-order chi connectivity index (χ1) is 9.65. The minimum Gasteiger partial charge on any atom is -0.309 e. The minimum atomic E-state index is -0.180. The molecule has 0 saturated heterocycles. The van der Waals surface area contributed by atoms with Gasteiger partial charge in [0, 0.05) is 23.7 Å². The van der Waals surface area contributed by atoms with Crippen molar-refractivity contribution >= 4 is 11.8 Å². The third kappa shape index (κ3) is 3.29. The van der Waals surface area contributed by atoms with E-state index in [-0.39, 0.29) is 11.7 Å². The van der Waals surface area contributed by atoms with Crippen LogP contribution in [0.15, 0.2) is 33.2 Å². The predicted octanol–water partition coefficient (Wildman–Crippen LogP) is 1.81. The van der Waals surface area contributed by atoms with Gasteiger partial charge in [0.1, 0.15) is 0 Å². The Morgan fingerprint density at radius 3 is 2.85 bits per heavy atom. The van der Waals surface area contributed by atoms with Gasteiger partial charge >= 0.3 is 5.69 Å². The zero-order chi connectivity index (χ0) is 14.5. The van der Waals surface area contributed by atoms with Crippen LogP contribution in [-0.4, -0.2) is 26.3 Å². The van der Waals surface area contributed by atoms with Crippen molar-refractivity contribution in [2.24, 2.45) is 0 Å². The standard InChI is InChI=1S/C13H19N5OS/c1-4-14-9(3)11-7-6-10(8-15-11)20-13-17-16-12(19)18(13)5-2/h6-9,14H,4-5H2,1-3H3,(H,16,19). The van der Waals surface area contributed by atoms with E-state index >= 15 is 0 Å². The van der Waals surface area contributed by atoms with Gasteiger partial charge in [-0.15, -0.1) is 5.10 Å².